The summed E-state index contributed by atoms with van der Waals surface area (Å²) in [6, 6.07) is 7.75. The summed E-state index contributed by atoms with van der Waals surface area (Å²) in [6.07, 6.45) is 6.07. The van der Waals surface area contributed by atoms with E-state index in [-0.39, 0.29) is 17.5 Å². The lowest BCUT2D eigenvalue weighted by Gasteiger charge is -2.41. The normalized spacial score (nSPS) is 15.5. The lowest BCUT2D eigenvalue weighted by Crippen LogP contribution is -2.43. The molecule has 2 N–H and O–H groups in total. The summed E-state index contributed by atoms with van der Waals surface area (Å²) in [5.41, 5.74) is 3.17. The molecule has 1 saturated heterocycles. The van der Waals surface area contributed by atoms with E-state index in [4.69, 9.17) is 4.74 Å². The molecular weight excluding hydrogens is 495 g/mol. The van der Waals surface area contributed by atoms with Gasteiger partial charge in [-0.05, 0) is 86.9 Å². The van der Waals surface area contributed by atoms with Crippen molar-refractivity contribution in [3.05, 3.63) is 65.1 Å². The topological polar surface area (TPSA) is 74.7 Å². The van der Waals surface area contributed by atoms with Crippen LogP contribution in [-0.4, -0.2) is 54.2 Å². The van der Waals surface area contributed by atoms with Crippen molar-refractivity contribution in [2.75, 3.05) is 38.6 Å². The second-order valence-electron chi connectivity index (χ2n) is 10.2. The highest BCUT2D eigenvalue weighted by atomic mass is 19.2. The summed E-state index contributed by atoms with van der Waals surface area (Å²) in [5, 5.41) is 13.7. The van der Waals surface area contributed by atoms with Crippen molar-refractivity contribution in [1.82, 2.24) is 9.88 Å². The second kappa shape index (κ2) is 12.0. The van der Waals surface area contributed by atoms with Crippen molar-refractivity contribution >= 4 is 22.6 Å². The van der Waals surface area contributed by atoms with Gasteiger partial charge in [-0.15, -0.1) is 0 Å². The number of nitrogens with one attached hydrogen (secondary N) is 1. The molecule has 0 spiro atoms. The number of aromatic nitrogens is 1. The van der Waals surface area contributed by atoms with Crippen LogP contribution in [0.2, 0.25) is 0 Å². The van der Waals surface area contributed by atoms with E-state index < -0.39 is 23.4 Å². The number of aliphatic carboxylic acids is 1. The highest BCUT2D eigenvalue weighted by Crippen LogP contribution is 2.40. The van der Waals surface area contributed by atoms with Gasteiger partial charge in [-0.1, -0.05) is 0 Å². The van der Waals surface area contributed by atoms with Crippen molar-refractivity contribution in [3.8, 4) is 5.75 Å². The van der Waals surface area contributed by atoms with Crippen LogP contribution in [0, 0.1) is 29.8 Å². The van der Waals surface area contributed by atoms with Crippen LogP contribution in [0.15, 0.2) is 36.5 Å². The average Bonchev–Trinajstić information content (AvgIpc) is 2.89. The largest absolute Gasteiger partial charge is 0.497 e. The Hall–Kier alpha value is -3.33. The van der Waals surface area contributed by atoms with Crippen molar-refractivity contribution in [3.63, 3.8) is 0 Å². The number of piperidine rings is 1. The maximum absolute atomic E-state index is 13.4. The van der Waals surface area contributed by atoms with Gasteiger partial charge in [0.25, 0.3) is 0 Å². The zero-order chi connectivity index (χ0) is 27.3. The predicted molar refractivity (Wildman–Crippen MR) is 141 cm³/mol. The van der Waals surface area contributed by atoms with E-state index >= 15 is 0 Å². The van der Waals surface area contributed by atoms with Crippen LogP contribution in [0.3, 0.4) is 0 Å². The molecule has 2 aromatic carbocycles. The Bertz CT molecular complexity index is 1270. The molecule has 38 heavy (non-hydrogen) atoms. The zero-order valence-electron chi connectivity index (χ0n) is 21.8. The Morgan fingerprint density at radius 2 is 1.87 bits per heavy atom. The van der Waals surface area contributed by atoms with Gasteiger partial charge in [-0.3, -0.25) is 9.78 Å². The molecule has 0 amide bonds. The van der Waals surface area contributed by atoms with Crippen molar-refractivity contribution < 1.29 is 27.8 Å². The number of carbonyl (C=O) groups is 1. The third-order valence-corrected chi connectivity index (χ3v) is 7.72. The monoisotopic (exact) mass is 529 g/mol. The Labute approximate surface area is 220 Å². The lowest BCUT2D eigenvalue weighted by atomic mass is 9.72. The smallest absolute Gasteiger partial charge is 0.303 e. The fraction of sp³-hybridized carbons (Fsp3) is 0.448. The molecule has 0 unspecified atom stereocenters. The van der Waals surface area contributed by atoms with Gasteiger partial charge >= 0.3 is 5.97 Å². The molecule has 1 aliphatic heterocycles. The van der Waals surface area contributed by atoms with E-state index in [1.807, 2.05) is 24.4 Å². The van der Waals surface area contributed by atoms with Gasteiger partial charge in [0.2, 0.25) is 0 Å². The molecule has 4 rings (SSSR count). The van der Waals surface area contributed by atoms with Gasteiger partial charge in [-0.25, -0.2) is 13.2 Å². The number of methoxy groups -OCH3 is 1. The second-order valence-corrected chi connectivity index (χ2v) is 10.2. The molecule has 0 saturated carbocycles. The van der Waals surface area contributed by atoms with E-state index in [9.17, 15) is 23.1 Å². The van der Waals surface area contributed by atoms with Crippen LogP contribution in [0.4, 0.5) is 18.9 Å². The number of aryl methyl sites for hydroxylation is 2. The highest BCUT2D eigenvalue weighted by molar-refractivity contribution is 5.84. The fourth-order valence-electron chi connectivity index (χ4n) is 5.53. The third kappa shape index (κ3) is 6.56. The molecule has 1 aromatic heterocycles. The number of ether oxygens (including phenoxy) is 1. The maximum atomic E-state index is 13.4. The Kier molecular flexibility index (Phi) is 8.76. The minimum absolute atomic E-state index is 0.136. The molecule has 1 fully saturated rings. The van der Waals surface area contributed by atoms with E-state index in [0.29, 0.717) is 13.1 Å². The highest BCUT2D eigenvalue weighted by Gasteiger charge is 2.36. The number of carboxylic acids is 1. The first-order chi connectivity index (χ1) is 18.2. The first-order valence-electron chi connectivity index (χ1n) is 12.9. The molecule has 0 radical (unpaired) electrons. The number of fused-ring (bicyclic) bond motifs is 1. The number of carboxylic acid groups (broad SMARTS) is 1. The van der Waals surface area contributed by atoms with Crippen LogP contribution >= 0.6 is 0 Å². The van der Waals surface area contributed by atoms with Gasteiger partial charge in [-0.2, -0.15) is 0 Å². The fourth-order valence-corrected chi connectivity index (χ4v) is 5.53. The minimum atomic E-state index is -1.48. The number of nitrogens with zero attached hydrogens (tertiary/aromatic N) is 2. The average molecular weight is 530 g/mol. The first-order valence-corrected chi connectivity index (χ1v) is 12.9. The number of benzene rings is 2. The number of pyridine rings is 1. The SMILES string of the molecule is COc1ccc2ncc(C)c(CCCC3(CC(=O)O)CCN(CCNc4cc(F)c(F)c(F)c4)CC3)c2c1. The van der Waals surface area contributed by atoms with Gasteiger partial charge in [0.05, 0.1) is 19.0 Å². The third-order valence-electron chi connectivity index (χ3n) is 7.72. The minimum Gasteiger partial charge on any atom is -0.497 e. The lowest BCUT2D eigenvalue weighted by molar-refractivity contribution is -0.140. The number of halogens is 3. The molecule has 0 aliphatic carbocycles. The summed E-state index contributed by atoms with van der Waals surface area (Å²) in [4.78, 5) is 18.5. The molecule has 204 valence electrons. The van der Waals surface area contributed by atoms with Crippen LogP contribution in [0.5, 0.6) is 5.75 Å². The van der Waals surface area contributed by atoms with Gasteiger partial charge in [0, 0.05) is 42.5 Å². The molecule has 3 aromatic rings. The summed E-state index contributed by atoms with van der Waals surface area (Å²) < 4.78 is 45.4. The van der Waals surface area contributed by atoms with Crippen LogP contribution < -0.4 is 10.1 Å². The quantitative estimate of drug-likeness (QED) is 0.299. The molecule has 9 heteroatoms. The molecule has 0 atom stereocenters. The predicted octanol–water partition coefficient (Wildman–Crippen LogP) is 5.96. The summed E-state index contributed by atoms with van der Waals surface area (Å²) in [7, 11) is 1.64. The standard InChI is InChI=1S/C29H34F3N3O3/c1-19-18-34-26-6-5-21(38-2)16-23(26)22(19)4-3-7-29(17-27(36)37)8-11-35(12-9-29)13-10-33-20-14-24(30)28(32)25(31)15-20/h5-6,14-16,18,33H,3-4,7-13,17H2,1-2H3,(H,36,37). The summed E-state index contributed by atoms with van der Waals surface area (Å²) in [5.74, 6) is -3.93. The number of hydrogen-bond donors (Lipinski definition) is 2. The van der Waals surface area contributed by atoms with E-state index in [1.54, 1.807) is 7.11 Å². The maximum Gasteiger partial charge on any atom is 0.303 e. The molecular formula is C29H34F3N3O3. The van der Waals surface area contributed by atoms with Gasteiger partial charge < -0.3 is 20.1 Å². The number of hydrogen-bond acceptors (Lipinski definition) is 5. The van der Waals surface area contributed by atoms with E-state index in [1.165, 1.54) is 5.56 Å². The van der Waals surface area contributed by atoms with E-state index in [0.717, 1.165) is 79.5 Å². The van der Waals surface area contributed by atoms with Crippen LogP contribution in [0.25, 0.3) is 10.9 Å². The van der Waals surface area contributed by atoms with Crippen LogP contribution in [0.1, 0.15) is 43.2 Å². The zero-order valence-corrected chi connectivity index (χ0v) is 21.8. The number of anilines is 1. The molecule has 2 heterocycles. The number of rotatable bonds is 11. The first kappa shape index (κ1) is 27.7. The molecule has 6 nitrogen and oxygen atoms in total. The Morgan fingerprint density at radius 3 is 2.53 bits per heavy atom. The van der Waals surface area contributed by atoms with Crippen molar-refractivity contribution in [1.29, 1.82) is 0 Å². The Balaban J connectivity index is 1.34. The van der Waals surface area contributed by atoms with Crippen molar-refractivity contribution in [2.45, 2.75) is 45.4 Å². The summed E-state index contributed by atoms with van der Waals surface area (Å²) in [6.45, 7) is 4.61. The van der Waals surface area contributed by atoms with E-state index in [2.05, 4.69) is 22.1 Å². The molecule has 1 aliphatic rings. The van der Waals surface area contributed by atoms with Gasteiger partial charge in [0.15, 0.2) is 17.5 Å². The number of likely N-dealkylation sites (tertiary alicyclic amines) is 1. The Morgan fingerprint density at radius 1 is 1.16 bits per heavy atom. The van der Waals surface area contributed by atoms with Crippen LogP contribution in [-0.2, 0) is 11.2 Å². The van der Waals surface area contributed by atoms with Crippen molar-refractivity contribution in [2.24, 2.45) is 5.41 Å². The molecule has 0 bridgehead atoms. The summed E-state index contributed by atoms with van der Waals surface area (Å²) >= 11 is 0. The van der Waals surface area contributed by atoms with Gasteiger partial charge in [0.1, 0.15) is 5.75 Å².